The molecule has 134 valence electrons. The van der Waals surface area contributed by atoms with Gasteiger partial charge < -0.3 is 10.1 Å². The van der Waals surface area contributed by atoms with E-state index in [0.29, 0.717) is 12.1 Å². The summed E-state index contributed by atoms with van der Waals surface area (Å²) < 4.78 is 4.50. The minimum Gasteiger partial charge on any atom is -0.469 e. The number of imide groups is 1. The maximum absolute atomic E-state index is 12.5. The summed E-state index contributed by atoms with van der Waals surface area (Å²) in [5.74, 6) is -1.22. The van der Waals surface area contributed by atoms with E-state index in [4.69, 9.17) is 0 Å². The third-order valence-electron chi connectivity index (χ3n) is 3.89. The zero-order chi connectivity index (χ0) is 18.4. The highest BCUT2D eigenvalue weighted by atomic mass is 16.5. The second-order valence-electron chi connectivity index (χ2n) is 5.62. The zero-order valence-electron chi connectivity index (χ0n) is 14.2. The molecule has 1 saturated heterocycles. The molecular formula is C17H21N3O5. The summed E-state index contributed by atoms with van der Waals surface area (Å²) in [6.45, 7) is 1.55. The number of carbonyl (C=O) groups excluding carboxylic acids is 4. The second kappa shape index (κ2) is 8.27. The van der Waals surface area contributed by atoms with Gasteiger partial charge in [-0.3, -0.25) is 24.2 Å². The van der Waals surface area contributed by atoms with E-state index >= 15 is 0 Å². The van der Waals surface area contributed by atoms with E-state index in [0.717, 1.165) is 4.90 Å². The fraction of sp³-hybridized carbons (Fsp3) is 0.412. The molecule has 0 unspecified atom stereocenters. The lowest BCUT2D eigenvalue weighted by atomic mass is 10.2. The van der Waals surface area contributed by atoms with Gasteiger partial charge in [0.05, 0.1) is 7.11 Å². The Bertz CT molecular complexity index is 662. The maximum Gasteiger partial charge on any atom is 0.332 e. The first-order chi connectivity index (χ1) is 12.0. The molecule has 1 N–H and O–H groups in total. The quantitative estimate of drug-likeness (QED) is 0.449. The average molecular weight is 347 g/mol. The van der Waals surface area contributed by atoms with Crippen molar-refractivity contribution in [2.24, 2.45) is 0 Å². The summed E-state index contributed by atoms with van der Waals surface area (Å²) in [5.41, 5.74) is 0.606. The van der Waals surface area contributed by atoms with Gasteiger partial charge in [0.2, 0.25) is 5.91 Å². The molecule has 0 aromatic heterocycles. The number of urea groups is 1. The summed E-state index contributed by atoms with van der Waals surface area (Å²) >= 11 is 0. The Morgan fingerprint density at radius 3 is 2.52 bits per heavy atom. The van der Waals surface area contributed by atoms with Crippen LogP contribution in [-0.4, -0.2) is 55.0 Å². The molecule has 0 saturated carbocycles. The molecule has 1 aromatic carbocycles. The van der Waals surface area contributed by atoms with Crippen molar-refractivity contribution >= 4 is 29.5 Å². The summed E-state index contributed by atoms with van der Waals surface area (Å²) in [6, 6.07) is 7.65. The number of hydrogen-bond donors (Lipinski definition) is 1. The summed E-state index contributed by atoms with van der Waals surface area (Å²) in [6.07, 6.45) is 0.615. The van der Waals surface area contributed by atoms with Gasteiger partial charge in [-0.15, -0.1) is 0 Å². The smallest absolute Gasteiger partial charge is 0.332 e. The monoisotopic (exact) mass is 347 g/mol. The van der Waals surface area contributed by atoms with Gasteiger partial charge in [0, 0.05) is 18.7 Å². The van der Waals surface area contributed by atoms with Crippen molar-refractivity contribution in [3.8, 4) is 0 Å². The van der Waals surface area contributed by atoms with Crippen LogP contribution in [0.15, 0.2) is 30.3 Å². The van der Waals surface area contributed by atoms with E-state index in [1.54, 1.807) is 31.2 Å². The number of nitrogens with one attached hydrogen (secondary N) is 1. The van der Waals surface area contributed by atoms with Crippen molar-refractivity contribution in [1.29, 1.82) is 0 Å². The predicted octanol–water partition coefficient (Wildman–Crippen LogP) is 0.913. The Balaban J connectivity index is 1.91. The Labute approximate surface area is 145 Å². The van der Waals surface area contributed by atoms with Crippen molar-refractivity contribution in [2.75, 3.05) is 25.1 Å². The molecule has 1 heterocycles. The SMILES string of the molecule is COC(=O)CCCNC(=O)CN1C(=O)[C@H](C)N(c2ccccc2)C1=O. The predicted molar refractivity (Wildman–Crippen MR) is 89.8 cm³/mol. The number of nitrogens with zero attached hydrogens (tertiary/aromatic N) is 2. The van der Waals surface area contributed by atoms with Crippen LogP contribution in [0.1, 0.15) is 19.8 Å². The van der Waals surface area contributed by atoms with Gasteiger partial charge in [-0.1, -0.05) is 18.2 Å². The van der Waals surface area contributed by atoms with Gasteiger partial charge in [-0.2, -0.15) is 0 Å². The molecule has 1 aliphatic heterocycles. The van der Waals surface area contributed by atoms with E-state index in [1.165, 1.54) is 12.0 Å². The van der Waals surface area contributed by atoms with E-state index < -0.39 is 23.9 Å². The summed E-state index contributed by atoms with van der Waals surface area (Å²) in [7, 11) is 1.30. The Morgan fingerprint density at radius 2 is 1.88 bits per heavy atom. The fourth-order valence-electron chi connectivity index (χ4n) is 2.56. The number of carbonyl (C=O) groups is 4. The molecule has 0 aliphatic carbocycles. The van der Waals surface area contributed by atoms with Gasteiger partial charge >= 0.3 is 12.0 Å². The van der Waals surface area contributed by atoms with Gasteiger partial charge in [-0.25, -0.2) is 4.79 Å². The number of amides is 4. The number of hydrogen-bond acceptors (Lipinski definition) is 5. The molecule has 4 amide bonds. The van der Waals surface area contributed by atoms with Crippen molar-refractivity contribution in [2.45, 2.75) is 25.8 Å². The van der Waals surface area contributed by atoms with Crippen LogP contribution >= 0.6 is 0 Å². The zero-order valence-corrected chi connectivity index (χ0v) is 14.2. The molecule has 0 bridgehead atoms. The fourth-order valence-corrected chi connectivity index (χ4v) is 2.56. The highest BCUT2D eigenvalue weighted by Gasteiger charge is 2.43. The Hall–Kier alpha value is -2.90. The molecule has 1 aliphatic rings. The Morgan fingerprint density at radius 1 is 1.20 bits per heavy atom. The summed E-state index contributed by atoms with van der Waals surface area (Å²) in [4.78, 5) is 50.1. The van der Waals surface area contributed by atoms with Crippen LogP contribution in [0.25, 0.3) is 0 Å². The molecule has 0 radical (unpaired) electrons. The van der Waals surface area contributed by atoms with Gasteiger partial charge in [0.25, 0.3) is 5.91 Å². The minimum atomic E-state index is -0.665. The first kappa shape index (κ1) is 18.4. The van der Waals surface area contributed by atoms with Crippen molar-refractivity contribution in [3.63, 3.8) is 0 Å². The standard InChI is InChI=1S/C17H21N3O5/c1-12-16(23)19(11-14(21)18-10-6-9-15(22)25-2)17(24)20(12)13-7-4-3-5-8-13/h3-5,7-8,12H,6,9-11H2,1-2H3,(H,18,21)/t12-/m0/s1. The first-order valence-corrected chi connectivity index (χ1v) is 7.99. The van der Waals surface area contributed by atoms with Crippen LogP contribution in [0.2, 0.25) is 0 Å². The van der Waals surface area contributed by atoms with E-state index in [1.807, 2.05) is 6.07 Å². The second-order valence-corrected chi connectivity index (χ2v) is 5.62. The van der Waals surface area contributed by atoms with Crippen LogP contribution in [-0.2, 0) is 19.1 Å². The van der Waals surface area contributed by atoms with Crippen molar-refractivity contribution < 1.29 is 23.9 Å². The summed E-state index contributed by atoms with van der Waals surface area (Å²) in [5, 5.41) is 2.59. The molecule has 8 heteroatoms. The third kappa shape index (κ3) is 4.34. The van der Waals surface area contributed by atoms with Crippen LogP contribution < -0.4 is 10.2 Å². The van der Waals surface area contributed by atoms with Crippen molar-refractivity contribution in [1.82, 2.24) is 10.2 Å². The lowest BCUT2D eigenvalue weighted by molar-refractivity contribution is -0.140. The highest BCUT2D eigenvalue weighted by molar-refractivity contribution is 6.15. The van der Waals surface area contributed by atoms with Crippen LogP contribution in [0, 0.1) is 0 Å². The number of rotatable bonds is 7. The van der Waals surface area contributed by atoms with Gasteiger partial charge in [-0.05, 0) is 25.5 Å². The lowest BCUT2D eigenvalue weighted by Gasteiger charge is -2.19. The average Bonchev–Trinajstić information content (AvgIpc) is 2.82. The van der Waals surface area contributed by atoms with Crippen molar-refractivity contribution in [3.05, 3.63) is 30.3 Å². The Kier molecular flexibility index (Phi) is 6.10. The van der Waals surface area contributed by atoms with E-state index in [9.17, 15) is 19.2 Å². The minimum absolute atomic E-state index is 0.192. The first-order valence-electron chi connectivity index (χ1n) is 7.99. The molecule has 25 heavy (non-hydrogen) atoms. The normalized spacial score (nSPS) is 17.0. The van der Waals surface area contributed by atoms with Gasteiger partial charge in [0.1, 0.15) is 12.6 Å². The molecule has 2 rings (SSSR count). The molecule has 1 atom stereocenters. The largest absolute Gasteiger partial charge is 0.469 e. The van der Waals surface area contributed by atoms with E-state index in [-0.39, 0.29) is 25.5 Å². The number of benzene rings is 1. The maximum atomic E-state index is 12.5. The van der Waals surface area contributed by atoms with Crippen LogP contribution in [0.5, 0.6) is 0 Å². The number of anilines is 1. The van der Waals surface area contributed by atoms with E-state index in [2.05, 4.69) is 10.1 Å². The number of ether oxygens (including phenoxy) is 1. The highest BCUT2D eigenvalue weighted by Crippen LogP contribution is 2.25. The van der Waals surface area contributed by atoms with Crippen LogP contribution in [0.3, 0.4) is 0 Å². The molecule has 1 aromatic rings. The number of methoxy groups -OCH3 is 1. The van der Waals surface area contributed by atoms with Gasteiger partial charge in [0.15, 0.2) is 0 Å². The molecular weight excluding hydrogens is 326 g/mol. The van der Waals surface area contributed by atoms with Crippen LogP contribution in [0.4, 0.5) is 10.5 Å². The molecule has 1 fully saturated rings. The molecule has 8 nitrogen and oxygen atoms in total. The third-order valence-corrected chi connectivity index (χ3v) is 3.89. The number of para-hydroxylation sites is 1. The molecule has 0 spiro atoms. The lowest BCUT2D eigenvalue weighted by Crippen LogP contribution is -2.41. The topological polar surface area (TPSA) is 96.0 Å². The number of esters is 1.